The average molecular weight is 329 g/mol. The number of carbonyl (C=O) groups excluding carboxylic acids is 1. The number of hydrogen-bond acceptors (Lipinski definition) is 5. The molecule has 22 heavy (non-hydrogen) atoms. The van der Waals surface area contributed by atoms with E-state index in [0.29, 0.717) is 10.9 Å². The lowest BCUT2D eigenvalue weighted by molar-refractivity contribution is -0.113. The van der Waals surface area contributed by atoms with Crippen molar-refractivity contribution < 1.29 is 4.79 Å². The fourth-order valence-electron chi connectivity index (χ4n) is 1.98. The van der Waals surface area contributed by atoms with E-state index < -0.39 is 0 Å². The maximum absolute atomic E-state index is 12.0. The highest BCUT2D eigenvalue weighted by Crippen LogP contribution is 2.26. The number of aromatic nitrogens is 2. The summed E-state index contributed by atoms with van der Waals surface area (Å²) in [6.07, 6.45) is 3.53. The molecule has 0 atom stereocenters. The van der Waals surface area contributed by atoms with Gasteiger partial charge in [0.25, 0.3) is 0 Å². The third-order valence-electron chi connectivity index (χ3n) is 3.04. The Morgan fingerprint density at radius 2 is 2.09 bits per heavy atom. The van der Waals surface area contributed by atoms with Crippen LogP contribution in [0.3, 0.4) is 0 Å². The Hall–Kier alpha value is -1.92. The second kappa shape index (κ2) is 6.89. The van der Waals surface area contributed by atoms with E-state index >= 15 is 0 Å². The fourth-order valence-corrected chi connectivity index (χ4v) is 3.75. The number of nitrogens with zero attached hydrogens (tertiary/aromatic N) is 2. The van der Waals surface area contributed by atoms with Gasteiger partial charge in [0.2, 0.25) is 5.91 Å². The number of hydrogen-bond donors (Lipinski definition) is 1. The van der Waals surface area contributed by atoms with E-state index in [4.69, 9.17) is 0 Å². The molecule has 0 unspecified atom stereocenters. The molecule has 6 heteroatoms. The molecular weight excluding hydrogens is 314 g/mol. The Kier molecular flexibility index (Phi) is 4.70. The van der Waals surface area contributed by atoms with Gasteiger partial charge in [-0.2, -0.15) is 0 Å². The molecule has 0 saturated carbocycles. The van der Waals surface area contributed by atoms with Crippen molar-refractivity contribution in [2.24, 2.45) is 0 Å². The van der Waals surface area contributed by atoms with Crippen LogP contribution in [0.4, 0.5) is 5.13 Å². The largest absolute Gasteiger partial charge is 0.301 e. The molecule has 3 rings (SSSR count). The van der Waals surface area contributed by atoms with Crippen molar-refractivity contribution in [3.8, 4) is 0 Å². The Bertz CT molecular complexity index is 786. The van der Waals surface area contributed by atoms with Crippen LogP contribution >= 0.6 is 23.1 Å². The standard InChI is InChI=1S/C16H15N3OS2/c1-11-2-3-13-14(8-11)22-16(18-13)19-15(20)10-21-9-12-4-6-17-7-5-12/h2-8H,9-10H2,1H3,(H,18,19,20). The monoisotopic (exact) mass is 329 g/mol. The summed E-state index contributed by atoms with van der Waals surface area (Å²) in [4.78, 5) is 20.4. The molecule has 2 aromatic heterocycles. The third-order valence-corrected chi connectivity index (χ3v) is 4.98. The van der Waals surface area contributed by atoms with Crippen LogP contribution in [0.5, 0.6) is 0 Å². The first-order valence-corrected chi connectivity index (χ1v) is 8.81. The number of benzene rings is 1. The highest BCUT2D eigenvalue weighted by Gasteiger charge is 2.08. The number of amides is 1. The lowest BCUT2D eigenvalue weighted by Gasteiger charge is -2.02. The summed E-state index contributed by atoms with van der Waals surface area (Å²) >= 11 is 3.09. The maximum Gasteiger partial charge on any atom is 0.236 e. The number of pyridine rings is 1. The maximum atomic E-state index is 12.0. The molecule has 0 saturated heterocycles. The van der Waals surface area contributed by atoms with Gasteiger partial charge in [-0.3, -0.25) is 9.78 Å². The summed E-state index contributed by atoms with van der Waals surface area (Å²) in [6.45, 7) is 2.05. The molecule has 1 aromatic carbocycles. The predicted octanol–water partition coefficient (Wildman–Crippen LogP) is 3.87. The van der Waals surface area contributed by atoms with Gasteiger partial charge in [-0.05, 0) is 42.3 Å². The van der Waals surface area contributed by atoms with Crippen LogP contribution in [-0.2, 0) is 10.5 Å². The van der Waals surface area contributed by atoms with Crippen LogP contribution in [0.1, 0.15) is 11.1 Å². The molecule has 0 aliphatic carbocycles. The van der Waals surface area contributed by atoms with Crippen molar-refractivity contribution in [1.82, 2.24) is 9.97 Å². The first-order chi connectivity index (χ1) is 10.7. The fraction of sp³-hybridized carbons (Fsp3) is 0.188. The van der Waals surface area contributed by atoms with Crippen LogP contribution in [0.2, 0.25) is 0 Å². The average Bonchev–Trinajstić information content (AvgIpc) is 2.89. The molecule has 0 bridgehead atoms. The molecular formula is C16H15N3OS2. The number of fused-ring (bicyclic) bond motifs is 1. The molecule has 0 fully saturated rings. The summed E-state index contributed by atoms with van der Waals surface area (Å²) < 4.78 is 1.10. The zero-order valence-electron chi connectivity index (χ0n) is 12.1. The molecule has 1 N–H and O–H groups in total. The van der Waals surface area contributed by atoms with Crippen molar-refractivity contribution in [2.45, 2.75) is 12.7 Å². The van der Waals surface area contributed by atoms with Gasteiger partial charge in [0.05, 0.1) is 16.0 Å². The topological polar surface area (TPSA) is 54.9 Å². The van der Waals surface area contributed by atoms with Crippen LogP contribution in [0, 0.1) is 6.92 Å². The van der Waals surface area contributed by atoms with Gasteiger partial charge in [-0.25, -0.2) is 4.98 Å². The Balaban J connectivity index is 1.54. The summed E-state index contributed by atoms with van der Waals surface area (Å²) in [5, 5.41) is 3.53. The van der Waals surface area contributed by atoms with Gasteiger partial charge in [0.15, 0.2) is 5.13 Å². The first-order valence-electron chi connectivity index (χ1n) is 6.84. The molecule has 2 heterocycles. The number of aryl methyl sites for hydroxylation is 1. The van der Waals surface area contributed by atoms with Gasteiger partial charge < -0.3 is 5.32 Å². The normalized spacial score (nSPS) is 10.8. The Morgan fingerprint density at radius 1 is 1.27 bits per heavy atom. The molecule has 0 aliphatic heterocycles. The van der Waals surface area contributed by atoms with Gasteiger partial charge in [-0.15, -0.1) is 11.8 Å². The number of thioether (sulfide) groups is 1. The minimum absolute atomic E-state index is 0.0187. The Morgan fingerprint density at radius 3 is 2.91 bits per heavy atom. The predicted molar refractivity (Wildman–Crippen MR) is 93.4 cm³/mol. The molecule has 0 aliphatic rings. The van der Waals surface area contributed by atoms with E-state index in [9.17, 15) is 4.79 Å². The molecule has 0 spiro atoms. The quantitative estimate of drug-likeness (QED) is 0.772. The highest BCUT2D eigenvalue weighted by molar-refractivity contribution is 7.99. The van der Waals surface area contributed by atoms with Crippen LogP contribution in [0.15, 0.2) is 42.7 Å². The molecule has 3 aromatic rings. The van der Waals surface area contributed by atoms with Crippen LogP contribution in [0.25, 0.3) is 10.2 Å². The van der Waals surface area contributed by atoms with Crippen molar-refractivity contribution >= 4 is 44.4 Å². The van der Waals surface area contributed by atoms with Crippen molar-refractivity contribution in [3.05, 3.63) is 53.9 Å². The van der Waals surface area contributed by atoms with E-state index in [1.54, 1.807) is 24.2 Å². The van der Waals surface area contributed by atoms with Crippen LogP contribution < -0.4 is 5.32 Å². The SMILES string of the molecule is Cc1ccc2nc(NC(=O)CSCc3ccncc3)sc2c1. The summed E-state index contributed by atoms with van der Waals surface area (Å²) in [5.41, 5.74) is 3.29. The zero-order valence-corrected chi connectivity index (χ0v) is 13.7. The lowest BCUT2D eigenvalue weighted by Crippen LogP contribution is -2.13. The van der Waals surface area contributed by atoms with E-state index in [1.807, 2.05) is 31.2 Å². The third kappa shape index (κ3) is 3.84. The van der Waals surface area contributed by atoms with Crippen molar-refractivity contribution in [3.63, 3.8) is 0 Å². The first kappa shape index (κ1) is 15.0. The van der Waals surface area contributed by atoms with E-state index in [-0.39, 0.29) is 5.91 Å². The van der Waals surface area contributed by atoms with E-state index in [2.05, 4.69) is 21.4 Å². The molecule has 112 valence electrons. The smallest absolute Gasteiger partial charge is 0.236 e. The van der Waals surface area contributed by atoms with Crippen molar-refractivity contribution in [2.75, 3.05) is 11.1 Å². The minimum Gasteiger partial charge on any atom is -0.301 e. The second-order valence-corrected chi connectivity index (χ2v) is 6.90. The summed E-state index contributed by atoms with van der Waals surface area (Å²) in [5.74, 6) is 1.20. The van der Waals surface area contributed by atoms with Crippen molar-refractivity contribution in [1.29, 1.82) is 0 Å². The number of nitrogens with one attached hydrogen (secondary N) is 1. The highest BCUT2D eigenvalue weighted by atomic mass is 32.2. The Labute approximate surface area is 137 Å². The number of carbonyl (C=O) groups is 1. The van der Waals surface area contributed by atoms with Gasteiger partial charge in [-0.1, -0.05) is 17.4 Å². The van der Waals surface area contributed by atoms with Gasteiger partial charge >= 0.3 is 0 Å². The van der Waals surface area contributed by atoms with Gasteiger partial charge in [0, 0.05) is 18.1 Å². The molecule has 1 amide bonds. The van der Waals surface area contributed by atoms with Gasteiger partial charge in [0.1, 0.15) is 0 Å². The van der Waals surface area contributed by atoms with E-state index in [1.165, 1.54) is 22.5 Å². The number of rotatable bonds is 5. The molecule has 0 radical (unpaired) electrons. The zero-order chi connectivity index (χ0) is 15.4. The summed E-state index contributed by atoms with van der Waals surface area (Å²) in [6, 6.07) is 10.0. The van der Waals surface area contributed by atoms with Crippen LogP contribution in [-0.4, -0.2) is 21.6 Å². The summed E-state index contributed by atoms with van der Waals surface area (Å²) in [7, 11) is 0. The molecule has 4 nitrogen and oxygen atoms in total. The van der Waals surface area contributed by atoms with E-state index in [0.717, 1.165) is 16.0 Å². The minimum atomic E-state index is -0.0187. The number of thiazole rings is 1. The second-order valence-electron chi connectivity index (χ2n) is 4.89. The lowest BCUT2D eigenvalue weighted by atomic mass is 10.2. The number of anilines is 1.